The zero-order valence-electron chi connectivity index (χ0n) is 14.9. The molecule has 1 amide bonds. The molecular formula is C20H25NO3. The van der Waals surface area contributed by atoms with Crippen molar-refractivity contribution >= 4 is 5.91 Å². The summed E-state index contributed by atoms with van der Waals surface area (Å²) >= 11 is 0. The highest BCUT2D eigenvalue weighted by molar-refractivity contribution is 5.73. The van der Waals surface area contributed by atoms with Crippen LogP contribution in [0.15, 0.2) is 24.3 Å². The second-order valence-electron chi connectivity index (χ2n) is 6.53. The summed E-state index contributed by atoms with van der Waals surface area (Å²) in [4.78, 5) is 11.4. The van der Waals surface area contributed by atoms with Gasteiger partial charge in [-0.3, -0.25) is 4.79 Å². The third-order valence-corrected chi connectivity index (χ3v) is 4.25. The summed E-state index contributed by atoms with van der Waals surface area (Å²) in [7, 11) is 0. The minimum Gasteiger partial charge on any atom is -0.507 e. The van der Waals surface area contributed by atoms with E-state index < -0.39 is 0 Å². The molecule has 4 nitrogen and oxygen atoms in total. The molecule has 0 bridgehead atoms. The fraction of sp³-hybridized carbons (Fsp3) is 0.350. The maximum atomic E-state index is 11.4. The third kappa shape index (κ3) is 3.70. The summed E-state index contributed by atoms with van der Waals surface area (Å²) in [6, 6.07) is 7.64. The minimum atomic E-state index is -0.328. The second kappa shape index (κ2) is 6.95. The number of carbonyl (C=O) groups is 1. The van der Waals surface area contributed by atoms with E-state index in [1.165, 1.54) is 6.92 Å². The van der Waals surface area contributed by atoms with Crippen LogP contribution in [0.2, 0.25) is 0 Å². The van der Waals surface area contributed by atoms with E-state index >= 15 is 0 Å². The number of rotatable bonds is 4. The fourth-order valence-electron chi connectivity index (χ4n) is 3.15. The van der Waals surface area contributed by atoms with Crippen LogP contribution < -0.4 is 5.32 Å². The highest BCUT2D eigenvalue weighted by Gasteiger charge is 2.23. The second-order valence-corrected chi connectivity index (χ2v) is 6.53. The molecule has 0 fully saturated rings. The van der Waals surface area contributed by atoms with Crippen LogP contribution in [0.25, 0.3) is 0 Å². The maximum absolute atomic E-state index is 11.4. The number of phenolic OH excluding ortho intramolecular Hbond substituents is 2. The Kier molecular flexibility index (Phi) is 5.17. The quantitative estimate of drug-likeness (QED) is 0.803. The number of benzene rings is 2. The zero-order valence-corrected chi connectivity index (χ0v) is 14.9. The lowest BCUT2D eigenvalue weighted by Gasteiger charge is -2.23. The highest BCUT2D eigenvalue weighted by atomic mass is 16.3. The van der Waals surface area contributed by atoms with Gasteiger partial charge in [0, 0.05) is 30.5 Å². The molecule has 24 heavy (non-hydrogen) atoms. The standard InChI is InChI=1S/C20H25NO3/c1-11-6-13(3)19(23)16(8-11)18(10-21-15(5)22)17-9-12(2)7-14(4)20(17)24/h6-9,18,23-24H,10H2,1-5H3,(H,21,22). The minimum absolute atomic E-state index is 0.146. The molecule has 0 unspecified atom stereocenters. The Hall–Kier alpha value is -2.49. The molecule has 0 aliphatic rings. The summed E-state index contributed by atoms with van der Waals surface area (Å²) in [5.41, 5.74) is 5.03. The van der Waals surface area contributed by atoms with Gasteiger partial charge < -0.3 is 15.5 Å². The Labute approximate surface area is 143 Å². The Balaban J connectivity index is 2.64. The van der Waals surface area contributed by atoms with Gasteiger partial charge in [-0.1, -0.05) is 35.4 Å². The number of aromatic hydroxyl groups is 2. The Morgan fingerprint density at radius 3 is 1.71 bits per heavy atom. The molecule has 0 atom stereocenters. The first-order valence-corrected chi connectivity index (χ1v) is 8.05. The van der Waals surface area contributed by atoms with E-state index in [2.05, 4.69) is 5.32 Å². The zero-order chi connectivity index (χ0) is 18.0. The molecule has 0 aromatic heterocycles. The number of phenols is 2. The Morgan fingerprint density at radius 1 is 0.917 bits per heavy atom. The van der Waals surface area contributed by atoms with Gasteiger partial charge in [0.1, 0.15) is 11.5 Å². The molecule has 2 aromatic rings. The van der Waals surface area contributed by atoms with Crippen LogP contribution in [0.3, 0.4) is 0 Å². The summed E-state index contributed by atoms with van der Waals surface area (Å²) in [6.45, 7) is 9.40. The molecule has 0 aliphatic heterocycles. The van der Waals surface area contributed by atoms with Gasteiger partial charge in [0.15, 0.2) is 0 Å². The summed E-state index contributed by atoms with van der Waals surface area (Å²) < 4.78 is 0. The SMILES string of the molecule is CC(=O)NCC(c1cc(C)cc(C)c1O)c1cc(C)cc(C)c1O. The van der Waals surface area contributed by atoms with E-state index in [4.69, 9.17) is 0 Å². The van der Waals surface area contributed by atoms with E-state index in [1.807, 2.05) is 52.0 Å². The monoisotopic (exact) mass is 327 g/mol. The first kappa shape index (κ1) is 17.9. The molecule has 0 radical (unpaired) electrons. The lowest BCUT2D eigenvalue weighted by molar-refractivity contribution is -0.118. The Morgan fingerprint density at radius 2 is 1.33 bits per heavy atom. The van der Waals surface area contributed by atoms with E-state index in [-0.39, 0.29) is 23.3 Å². The molecule has 0 aliphatic carbocycles. The van der Waals surface area contributed by atoms with Crippen LogP contribution in [0.5, 0.6) is 11.5 Å². The van der Waals surface area contributed by atoms with E-state index in [0.717, 1.165) is 22.3 Å². The topological polar surface area (TPSA) is 69.6 Å². The van der Waals surface area contributed by atoms with Gasteiger partial charge in [-0.2, -0.15) is 0 Å². The smallest absolute Gasteiger partial charge is 0.216 e. The van der Waals surface area contributed by atoms with Crippen LogP contribution in [0, 0.1) is 27.7 Å². The lowest BCUT2D eigenvalue weighted by Crippen LogP contribution is -2.27. The molecule has 0 spiro atoms. The van der Waals surface area contributed by atoms with Gasteiger partial charge in [-0.25, -0.2) is 0 Å². The van der Waals surface area contributed by atoms with Gasteiger partial charge in [-0.15, -0.1) is 0 Å². The normalized spacial score (nSPS) is 10.9. The first-order valence-electron chi connectivity index (χ1n) is 8.05. The predicted molar refractivity (Wildman–Crippen MR) is 95.7 cm³/mol. The molecule has 0 saturated heterocycles. The van der Waals surface area contributed by atoms with Gasteiger partial charge in [0.2, 0.25) is 5.91 Å². The van der Waals surface area contributed by atoms with E-state index in [9.17, 15) is 15.0 Å². The van der Waals surface area contributed by atoms with Crippen LogP contribution in [0.4, 0.5) is 0 Å². The molecule has 0 heterocycles. The molecule has 3 N–H and O–H groups in total. The van der Waals surface area contributed by atoms with Gasteiger partial charge in [0.05, 0.1) is 0 Å². The number of amides is 1. The largest absolute Gasteiger partial charge is 0.507 e. The van der Waals surface area contributed by atoms with Crippen LogP contribution in [0.1, 0.15) is 46.2 Å². The number of aryl methyl sites for hydroxylation is 4. The lowest BCUT2D eigenvalue weighted by atomic mass is 9.86. The molecular weight excluding hydrogens is 302 g/mol. The average Bonchev–Trinajstić information content (AvgIpc) is 2.48. The van der Waals surface area contributed by atoms with Crippen molar-refractivity contribution in [1.29, 1.82) is 0 Å². The van der Waals surface area contributed by atoms with Crippen molar-refractivity contribution in [2.24, 2.45) is 0 Å². The van der Waals surface area contributed by atoms with Crippen molar-refractivity contribution in [3.8, 4) is 11.5 Å². The molecule has 2 aromatic carbocycles. The first-order chi connectivity index (χ1) is 11.2. The summed E-state index contributed by atoms with van der Waals surface area (Å²) in [6.07, 6.45) is 0. The van der Waals surface area contributed by atoms with E-state index in [0.29, 0.717) is 17.7 Å². The van der Waals surface area contributed by atoms with Gasteiger partial charge >= 0.3 is 0 Å². The van der Waals surface area contributed by atoms with Crippen molar-refractivity contribution in [1.82, 2.24) is 5.32 Å². The molecule has 128 valence electrons. The average molecular weight is 327 g/mol. The highest BCUT2D eigenvalue weighted by Crippen LogP contribution is 2.39. The number of hydrogen-bond donors (Lipinski definition) is 3. The number of hydrogen-bond acceptors (Lipinski definition) is 3. The number of carbonyl (C=O) groups excluding carboxylic acids is 1. The van der Waals surface area contributed by atoms with Crippen LogP contribution in [-0.4, -0.2) is 22.7 Å². The Bertz CT molecular complexity index is 723. The van der Waals surface area contributed by atoms with E-state index in [1.54, 1.807) is 0 Å². The summed E-state index contributed by atoms with van der Waals surface area (Å²) in [5, 5.41) is 23.9. The third-order valence-electron chi connectivity index (χ3n) is 4.25. The molecule has 2 rings (SSSR count). The van der Waals surface area contributed by atoms with Crippen molar-refractivity contribution in [3.05, 3.63) is 57.6 Å². The van der Waals surface area contributed by atoms with Crippen molar-refractivity contribution in [3.63, 3.8) is 0 Å². The maximum Gasteiger partial charge on any atom is 0.216 e. The molecule has 0 saturated carbocycles. The fourth-order valence-corrected chi connectivity index (χ4v) is 3.15. The van der Waals surface area contributed by atoms with Crippen molar-refractivity contribution < 1.29 is 15.0 Å². The van der Waals surface area contributed by atoms with Crippen LogP contribution >= 0.6 is 0 Å². The van der Waals surface area contributed by atoms with Gasteiger partial charge in [0.25, 0.3) is 0 Å². The van der Waals surface area contributed by atoms with Gasteiger partial charge in [-0.05, 0) is 38.8 Å². The van der Waals surface area contributed by atoms with Crippen molar-refractivity contribution in [2.75, 3.05) is 6.54 Å². The number of nitrogens with one attached hydrogen (secondary N) is 1. The predicted octanol–water partition coefficient (Wildman–Crippen LogP) is 3.60. The van der Waals surface area contributed by atoms with Crippen molar-refractivity contribution in [2.45, 2.75) is 40.5 Å². The molecule has 4 heteroatoms. The summed E-state index contributed by atoms with van der Waals surface area (Å²) in [5.74, 6) is -0.0668. The van der Waals surface area contributed by atoms with Crippen LogP contribution in [-0.2, 0) is 4.79 Å².